The molecule has 0 aliphatic heterocycles. The molecule has 0 saturated heterocycles. The highest BCUT2D eigenvalue weighted by molar-refractivity contribution is 7.89. The first kappa shape index (κ1) is 18.0. The fourth-order valence-electron chi connectivity index (χ4n) is 2.05. The predicted molar refractivity (Wildman–Crippen MR) is 87.2 cm³/mol. The number of hydrogen-bond donors (Lipinski definition) is 1. The van der Waals surface area contributed by atoms with E-state index in [1.54, 1.807) is 12.1 Å². The average molecular weight is 353 g/mol. The van der Waals surface area contributed by atoms with Crippen LogP contribution in [0.4, 0.5) is 5.82 Å². The highest BCUT2D eigenvalue weighted by Crippen LogP contribution is 2.19. The lowest BCUT2D eigenvalue weighted by molar-refractivity contribution is -0.116. The number of benzene rings is 1. The number of carbonyl (C=O) groups is 1. The topological polar surface area (TPSA) is 102 Å². The van der Waals surface area contributed by atoms with E-state index in [-0.39, 0.29) is 23.8 Å². The summed E-state index contributed by atoms with van der Waals surface area (Å²) in [5.74, 6) is 0.299. The Morgan fingerprint density at radius 2 is 2.00 bits per heavy atom. The van der Waals surface area contributed by atoms with Gasteiger partial charge in [-0.15, -0.1) is 0 Å². The molecule has 1 heterocycles. The number of nitrogens with zero attached hydrogens (tertiary/aromatic N) is 2. The molecular weight excluding hydrogens is 334 g/mol. The van der Waals surface area contributed by atoms with E-state index in [1.165, 1.54) is 31.6 Å². The van der Waals surface area contributed by atoms with Crippen molar-refractivity contribution in [3.05, 3.63) is 36.6 Å². The molecule has 0 aliphatic carbocycles. The highest BCUT2D eigenvalue weighted by Gasteiger charge is 2.26. The summed E-state index contributed by atoms with van der Waals surface area (Å²) in [7, 11) is -2.29. The molecule has 0 aliphatic rings. The second kappa shape index (κ2) is 7.93. The molecule has 0 spiro atoms. The maximum Gasteiger partial charge on any atom is 0.243 e. The first-order valence-corrected chi connectivity index (χ1v) is 8.75. The van der Waals surface area contributed by atoms with E-state index in [1.807, 2.05) is 6.92 Å². The smallest absolute Gasteiger partial charge is 0.243 e. The van der Waals surface area contributed by atoms with E-state index in [0.717, 1.165) is 4.31 Å². The fourth-order valence-corrected chi connectivity index (χ4v) is 3.54. The van der Waals surface area contributed by atoms with Gasteiger partial charge >= 0.3 is 0 Å². The minimum absolute atomic E-state index is 0.103. The molecule has 0 radical (unpaired) electrons. The molecule has 1 aromatic heterocycles. The first-order chi connectivity index (χ1) is 11.5. The molecule has 0 fully saturated rings. The van der Waals surface area contributed by atoms with Crippen LogP contribution in [0.25, 0.3) is 0 Å². The number of ether oxygens (including phenoxy) is 1. The fraction of sp³-hybridized carbons (Fsp3) is 0.333. The van der Waals surface area contributed by atoms with Crippen LogP contribution in [0.2, 0.25) is 0 Å². The Kier molecular flexibility index (Phi) is 5.93. The number of methoxy groups -OCH3 is 1. The SMILES string of the molecule is CCCN(CC(=O)Nc1ccon1)S(=O)(=O)c1ccc(OC)cc1. The Labute approximate surface area is 140 Å². The van der Waals surface area contributed by atoms with Crippen molar-refractivity contribution < 1.29 is 22.5 Å². The van der Waals surface area contributed by atoms with Crippen LogP contribution in [0.15, 0.2) is 46.0 Å². The van der Waals surface area contributed by atoms with Crippen molar-refractivity contribution in [2.45, 2.75) is 18.2 Å². The van der Waals surface area contributed by atoms with E-state index in [0.29, 0.717) is 12.2 Å². The van der Waals surface area contributed by atoms with Gasteiger partial charge in [-0.2, -0.15) is 4.31 Å². The van der Waals surface area contributed by atoms with E-state index in [9.17, 15) is 13.2 Å². The lowest BCUT2D eigenvalue weighted by Crippen LogP contribution is -2.38. The molecule has 2 rings (SSSR count). The molecule has 0 atom stereocenters. The number of aromatic nitrogens is 1. The van der Waals surface area contributed by atoms with Gasteiger partial charge in [0.25, 0.3) is 0 Å². The zero-order valence-electron chi connectivity index (χ0n) is 13.4. The third-order valence-corrected chi connectivity index (χ3v) is 5.05. The van der Waals surface area contributed by atoms with Crippen molar-refractivity contribution in [1.82, 2.24) is 9.46 Å². The maximum atomic E-state index is 12.7. The third kappa shape index (κ3) is 4.33. The minimum Gasteiger partial charge on any atom is -0.497 e. The Balaban J connectivity index is 2.16. The van der Waals surface area contributed by atoms with E-state index in [2.05, 4.69) is 15.0 Å². The molecule has 24 heavy (non-hydrogen) atoms. The van der Waals surface area contributed by atoms with Crippen LogP contribution in [-0.4, -0.2) is 44.0 Å². The number of rotatable bonds is 8. The van der Waals surface area contributed by atoms with Crippen LogP contribution in [0.1, 0.15) is 13.3 Å². The quantitative estimate of drug-likeness (QED) is 0.775. The minimum atomic E-state index is -3.79. The Bertz CT molecular complexity index is 757. The molecular formula is C15H19N3O5S. The van der Waals surface area contributed by atoms with Crippen molar-refractivity contribution in [2.24, 2.45) is 0 Å². The summed E-state index contributed by atoms with van der Waals surface area (Å²) in [4.78, 5) is 12.2. The number of carbonyl (C=O) groups excluding carboxylic acids is 1. The van der Waals surface area contributed by atoms with Crippen LogP contribution < -0.4 is 10.1 Å². The van der Waals surface area contributed by atoms with Crippen molar-refractivity contribution in [1.29, 1.82) is 0 Å². The number of hydrogen-bond acceptors (Lipinski definition) is 6. The van der Waals surface area contributed by atoms with Gasteiger partial charge in [-0.25, -0.2) is 8.42 Å². The average Bonchev–Trinajstić information content (AvgIpc) is 3.07. The van der Waals surface area contributed by atoms with Crippen molar-refractivity contribution in [3.8, 4) is 5.75 Å². The van der Waals surface area contributed by atoms with Gasteiger partial charge in [-0.1, -0.05) is 12.1 Å². The molecule has 130 valence electrons. The van der Waals surface area contributed by atoms with Gasteiger partial charge in [0, 0.05) is 12.6 Å². The van der Waals surface area contributed by atoms with Crippen LogP contribution in [0, 0.1) is 0 Å². The van der Waals surface area contributed by atoms with E-state index >= 15 is 0 Å². The van der Waals surface area contributed by atoms with Gasteiger partial charge in [-0.05, 0) is 30.7 Å². The first-order valence-electron chi connectivity index (χ1n) is 7.31. The van der Waals surface area contributed by atoms with Gasteiger partial charge < -0.3 is 14.6 Å². The van der Waals surface area contributed by atoms with Gasteiger partial charge in [0.1, 0.15) is 12.0 Å². The summed E-state index contributed by atoms with van der Waals surface area (Å²) in [6.07, 6.45) is 1.89. The normalized spacial score (nSPS) is 11.5. The van der Waals surface area contributed by atoms with Crippen molar-refractivity contribution >= 4 is 21.7 Å². The number of anilines is 1. The van der Waals surface area contributed by atoms with Crippen LogP contribution in [-0.2, 0) is 14.8 Å². The monoisotopic (exact) mass is 353 g/mol. The summed E-state index contributed by atoms with van der Waals surface area (Å²) in [5, 5.41) is 6.04. The molecule has 8 nitrogen and oxygen atoms in total. The molecule has 1 N–H and O–H groups in total. The zero-order valence-corrected chi connectivity index (χ0v) is 14.2. The third-order valence-electron chi connectivity index (χ3n) is 3.20. The number of sulfonamides is 1. The maximum absolute atomic E-state index is 12.7. The van der Waals surface area contributed by atoms with Gasteiger partial charge in [0.2, 0.25) is 15.9 Å². The lowest BCUT2D eigenvalue weighted by Gasteiger charge is -2.21. The van der Waals surface area contributed by atoms with Gasteiger partial charge in [-0.3, -0.25) is 4.79 Å². The largest absolute Gasteiger partial charge is 0.497 e. The predicted octanol–water partition coefficient (Wildman–Crippen LogP) is 1.72. The molecule has 0 saturated carbocycles. The van der Waals surface area contributed by atoms with Crippen LogP contribution >= 0.6 is 0 Å². The summed E-state index contributed by atoms with van der Waals surface area (Å²) in [5.41, 5.74) is 0. The molecule has 1 amide bonds. The van der Waals surface area contributed by atoms with Crippen molar-refractivity contribution in [3.63, 3.8) is 0 Å². The second-order valence-corrected chi connectivity index (χ2v) is 6.88. The Morgan fingerprint density at radius 1 is 1.29 bits per heavy atom. The van der Waals surface area contributed by atoms with Crippen LogP contribution in [0.5, 0.6) is 5.75 Å². The standard InChI is InChI=1S/C15H19N3O5S/c1-3-9-18(11-15(19)16-14-8-10-23-17-14)24(20,21)13-6-4-12(22-2)5-7-13/h4-8,10H,3,9,11H2,1-2H3,(H,16,17,19). The number of nitrogens with one attached hydrogen (secondary N) is 1. The van der Waals surface area contributed by atoms with Gasteiger partial charge in [0.05, 0.1) is 18.6 Å². The highest BCUT2D eigenvalue weighted by atomic mass is 32.2. The summed E-state index contributed by atoms with van der Waals surface area (Å²) in [6.45, 7) is 1.75. The second-order valence-electron chi connectivity index (χ2n) is 4.95. The summed E-state index contributed by atoms with van der Waals surface area (Å²) in [6, 6.07) is 7.50. The molecule has 1 aromatic carbocycles. The summed E-state index contributed by atoms with van der Waals surface area (Å²) >= 11 is 0. The summed E-state index contributed by atoms with van der Waals surface area (Å²) < 4.78 is 36.2. The molecule has 0 unspecified atom stereocenters. The van der Waals surface area contributed by atoms with Gasteiger partial charge in [0.15, 0.2) is 5.82 Å². The lowest BCUT2D eigenvalue weighted by atomic mass is 10.3. The molecule has 9 heteroatoms. The Morgan fingerprint density at radius 3 is 2.54 bits per heavy atom. The van der Waals surface area contributed by atoms with E-state index in [4.69, 9.17) is 4.74 Å². The molecule has 2 aromatic rings. The van der Waals surface area contributed by atoms with E-state index < -0.39 is 15.9 Å². The number of amides is 1. The van der Waals surface area contributed by atoms with Crippen molar-refractivity contribution in [2.75, 3.05) is 25.5 Å². The zero-order chi connectivity index (χ0) is 17.6. The van der Waals surface area contributed by atoms with Crippen LogP contribution in [0.3, 0.4) is 0 Å². The molecule has 0 bridgehead atoms. The Hall–Kier alpha value is -2.39.